The first kappa shape index (κ1) is 22.5. The Balaban J connectivity index is 1.24. The normalized spacial score (nSPS) is 11.0. The lowest BCUT2D eigenvalue weighted by atomic mass is 10.1. The number of benzene rings is 2. The molecule has 1 amide bonds. The Morgan fingerprint density at radius 3 is 2.54 bits per heavy atom. The van der Waals surface area contributed by atoms with E-state index < -0.39 is 0 Å². The second kappa shape index (κ2) is 9.55. The number of ether oxygens (including phenoxy) is 1. The predicted octanol–water partition coefficient (Wildman–Crippen LogP) is 5.27. The molecule has 0 saturated heterocycles. The molecule has 0 bridgehead atoms. The number of aromatic amines is 1. The molecule has 0 aliphatic carbocycles. The summed E-state index contributed by atoms with van der Waals surface area (Å²) in [4.78, 5) is 17.4. The highest BCUT2D eigenvalue weighted by Crippen LogP contribution is 2.23. The van der Waals surface area contributed by atoms with E-state index in [1.807, 2.05) is 88.9 Å². The zero-order chi connectivity index (χ0) is 24.4. The number of H-pyrrole nitrogens is 1. The topological polar surface area (TPSA) is 89.2 Å². The largest absolute Gasteiger partial charge is 0.497 e. The quantitative estimate of drug-likeness (QED) is 0.307. The van der Waals surface area contributed by atoms with Crippen LogP contribution in [-0.2, 0) is 11.3 Å². The van der Waals surface area contributed by atoms with E-state index in [2.05, 4.69) is 15.5 Å². The molecule has 0 fully saturated rings. The summed E-state index contributed by atoms with van der Waals surface area (Å²) in [7, 11) is 1.62. The first-order chi connectivity index (χ1) is 17.0. The number of pyridine rings is 1. The number of carbonyl (C=O) groups excluding carboxylic acids is 1. The molecule has 2 aromatic carbocycles. The maximum absolute atomic E-state index is 12.6. The second-order valence-electron chi connectivity index (χ2n) is 8.16. The molecule has 0 atom stereocenters. The third-order valence-electron chi connectivity index (χ3n) is 5.81. The van der Waals surface area contributed by atoms with Crippen molar-refractivity contribution >= 4 is 29.5 Å². The zero-order valence-corrected chi connectivity index (χ0v) is 20.2. The van der Waals surface area contributed by atoms with Crippen molar-refractivity contribution in [2.24, 2.45) is 0 Å². The molecule has 5 aromatic rings. The molecule has 2 N–H and O–H groups in total. The van der Waals surface area contributed by atoms with Gasteiger partial charge in [0.25, 0.3) is 0 Å². The van der Waals surface area contributed by atoms with Gasteiger partial charge in [-0.15, -0.1) is 0 Å². The highest BCUT2D eigenvalue weighted by molar-refractivity contribution is 7.71. The van der Waals surface area contributed by atoms with Crippen molar-refractivity contribution in [3.05, 3.63) is 83.4 Å². The second-order valence-corrected chi connectivity index (χ2v) is 8.54. The molecule has 3 heterocycles. The van der Waals surface area contributed by atoms with Crippen LogP contribution in [0.2, 0.25) is 0 Å². The summed E-state index contributed by atoms with van der Waals surface area (Å²) in [6.45, 7) is 2.45. The van der Waals surface area contributed by atoms with E-state index in [1.54, 1.807) is 7.11 Å². The molecule has 35 heavy (non-hydrogen) atoms. The van der Waals surface area contributed by atoms with Crippen LogP contribution in [0.1, 0.15) is 12.0 Å². The van der Waals surface area contributed by atoms with E-state index in [0.717, 1.165) is 39.5 Å². The summed E-state index contributed by atoms with van der Waals surface area (Å²) in [5, 5.41) is 10.1. The maximum atomic E-state index is 12.6. The highest BCUT2D eigenvalue weighted by Gasteiger charge is 2.12. The van der Waals surface area contributed by atoms with Gasteiger partial charge in [0.1, 0.15) is 11.4 Å². The molecule has 5 rings (SSSR count). The summed E-state index contributed by atoms with van der Waals surface area (Å²) >= 11 is 5.38. The molecule has 9 heteroatoms. The van der Waals surface area contributed by atoms with Gasteiger partial charge in [-0.3, -0.25) is 14.5 Å². The SMILES string of the molecule is COc1ccc(-c2n[nH]c(=S)n2CCC(=O)Nc2ccc(-c3cn4cccc(C)c4n3)cc2)cc1. The van der Waals surface area contributed by atoms with Crippen molar-refractivity contribution in [1.29, 1.82) is 0 Å². The number of hydrogen-bond donors (Lipinski definition) is 2. The lowest BCUT2D eigenvalue weighted by Crippen LogP contribution is -2.15. The van der Waals surface area contributed by atoms with Crippen molar-refractivity contribution in [2.45, 2.75) is 19.9 Å². The molecular weight excluding hydrogens is 460 g/mol. The number of aromatic nitrogens is 5. The first-order valence-electron chi connectivity index (χ1n) is 11.2. The van der Waals surface area contributed by atoms with Crippen molar-refractivity contribution in [2.75, 3.05) is 12.4 Å². The van der Waals surface area contributed by atoms with E-state index in [-0.39, 0.29) is 12.3 Å². The minimum atomic E-state index is -0.107. The average molecular weight is 485 g/mol. The van der Waals surface area contributed by atoms with E-state index in [1.165, 1.54) is 0 Å². The van der Waals surface area contributed by atoms with Crippen LogP contribution < -0.4 is 10.1 Å². The van der Waals surface area contributed by atoms with Gasteiger partial charge in [-0.05, 0) is 67.2 Å². The Bertz CT molecular complexity index is 1550. The number of nitrogens with one attached hydrogen (secondary N) is 2. The van der Waals surface area contributed by atoms with Gasteiger partial charge >= 0.3 is 0 Å². The molecule has 0 saturated carbocycles. The van der Waals surface area contributed by atoms with Gasteiger partial charge in [0.2, 0.25) is 5.91 Å². The van der Waals surface area contributed by atoms with Crippen LogP contribution in [-0.4, -0.2) is 37.2 Å². The van der Waals surface area contributed by atoms with E-state index >= 15 is 0 Å². The molecular formula is C26H24N6O2S. The molecule has 0 aliphatic rings. The van der Waals surface area contributed by atoms with Crippen molar-refractivity contribution in [1.82, 2.24) is 24.1 Å². The molecule has 0 radical (unpaired) electrons. The monoisotopic (exact) mass is 484 g/mol. The van der Waals surface area contributed by atoms with Crippen molar-refractivity contribution in [3.63, 3.8) is 0 Å². The standard InChI is InChI=1S/C26H24N6O2S/c1-17-4-3-14-31-16-22(28-24(17)31)18-5-9-20(10-6-18)27-23(33)13-15-32-25(29-30-26(32)35)19-7-11-21(34-2)12-8-19/h3-12,14,16H,13,15H2,1-2H3,(H,27,33)(H,30,35). The van der Waals surface area contributed by atoms with Crippen LogP contribution in [0.15, 0.2) is 73.1 Å². The average Bonchev–Trinajstić information content (AvgIpc) is 3.48. The number of rotatable bonds is 7. The molecule has 0 aliphatic heterocycles. The maximum Gasteiger partial charge on any atom is 0.226 e. The molecule has 0 unspecified atom stereocenters. The van der Waals surface area contributed by atoms with Gasteiger partial charge < -0.3 is 14.5 Å². The number of hydrogen-bond acceptors (Lipinski definition) is 5. The van der Waals surface area contributed by atoms with E-state index in [9.17, 15) is 4.79 Å². The third-order valence-corrected chi connectivity index (χ3v) is 6.12. The fourth-order valence-corrected chi connectivity index (χ4v) is 4.16. The van der Waals surface area contributed by atoms with E-state index in [0.29, 0.717) is 17.1 Å². The van der Waals surface area contributed by atoms with Gasteiger partial charge in [-0.1, -0.05) is 18.2 Å². The minimum Gasteiger partial charge on any atom is -0.497 e. The van der Waals surface area contributed by atoms with Crippen molar-refractivity contribution in [3.8, 4) is 28.4 Å². The van der Waals surface area contributed by atoms with Gasteiger partial charge in [0.05, 0.1) is 12.8 Å². The van der Waals surface area contributed by atoms with Gasteiger partial charge in [-0.2, -0.15) is 5.10 Å². The smallest absolute Gasteiger partial charge is 0.226 e. The van der Waals surface area contributed by atoms with Crippen LogP contribution >= 0.6 is 12.2 Å². The number of carbonyl (C=O) groups is 1. The summed E-state index contributed by atoms with van der Waals surface area (Å²) in [6, 6.07) is 19.3. The fraction of sp³-hybridized carbons (Fsp3) is 0.154. The Morgan fingerprint density at radius 1 is 1.09 bits per heavy atom. The molecule has 176 valence electrons. The van der Waals surface area contributed by atoms with Crippen LogP contribution in [0.3, 0.4) is 0 Å². The highest BCUT2D eigenvalue weighted by atomic mass is 32.1. The van der Waals surface area contributed by atoms with Gasteiger partial charge in [0, 0.05) is 42.2 Å². The third kappa shape index (κ3) is 4.71. The summed E-state index contributed by atoms with van der Waals surface area (Å²) < 4.78 is 9.52. The Hall–Kier alpha value is -4.24. The van der Waals surface area contributed by atoms with Crippen LogP contribution in [0.25, 0.3) is 28.3 Å². The Kier molecular flexibility index (Phi) is 6.15. The summed E-state index contributed by atoms with van der Waals surface area (Å²) in [5.74, 6) is 1.33. The predicted molar refractivity (Wildman–Crippen MR) is 138 cm³/mol. The fourth-order valence-electron chi connectivity index (χ4n) is 3.94. The lowest BCUT2D eigenvalue weighted by Gasteiger charge is -2.09. The lowest BCUT2D eigenvalue weighted by molar-refractivity contribution is -0.116. The molecule has 3 aromatic heterocycles. The number of aryl methyl sites for hydroxylation is 1. The Morgan fingerprint density at radius 2 is 1.83 bits per heavy atom. The number of anilines is 1. The number of imidazole rings is 1. The summed E-state index contributed by atoms with van der Waals surface area (Å²) in [5.41, 5.74) is 5.54. The number of amides is 1. The van der Waals surface area contributed by atoms with Crippen LogP contribution in [0, 0.1) is 11.7 Å². The van der Waals surface area contributed by atoms with Crippen LogP contribution in [0.4, 0.5) is 5.69 Å². The first-order valence-corrected chi connectivity index (χ1v) is 11.6. The molecule has 0 spiro atoms. The Labute approximate surface area is 207 Å². The summed E-state index contributed by atoms with van der Waals surface area (Å²) in [6.07, 6.45) is 4.25. The molecule has 8 nitrogen and oxygen atoms in total. The number of nitrogens with zero attached hydrogens (tertiary/aromatic N) is 4. The van der Waals surface area contributed by atoms with Gasteiger partial charge in [-0.25, -0.2) is 4.98 Å². The van der Waals surface area contributed by atoms with E-state index in [4.69, 9.17) is 21.9 Å². The van der Waals surface area contributed by atoms with Crippen molar-refractivity contribution < 1.29 is 9.53 Å². The minimum absolute atomic E-state index is 0.107. The van der Waals surface area contributed by atoms with Gasteiger partial charge in [0.15, 0.2) is 10.6 Å². The number of fused-ring (bicyclic) bond motifs is 1. The zero-order valence-electron chi connectivity index (χ0n) is 19.4. The number of methoxy groups -OCH3 is 1. The van der Waals surface area contributed by atoms with Crippen LogP contribution in [0.5, 0.6) is 5.75 Å².